The molecule has 1 N–H and O–H groups in total. The molecule has 166 valence electrons. The summed E-state index contributed by atoms with van der Waals surface area (Å²) < 4.78 is 31.7. The van der Waals surface area contributed by atoms with Gasteiger partial charge in [0, 0.05) is 12.1 Å². The Morgan fingerprint density at radius 2 is 1.69 bits per heavy atom. The number of ether oxygens (including phenoxy) is 3. The van der Waals surface area contributed by atoms with Crippen LogP contribution in [0, 0.1) is 5.82 Å². The van der Waals surface area contributed by atoms with Gasteiger partial charge in [-0.2, -0.15) is 0 Å². The van der Waals surface area contributed by atoms with E-state index in [0.717, 1.165) is 34.6 Å². The van der Waals surface area contributed by atoms with Crippen LogP contribution in [0.3, 0.4) is 0 Å². The fourth-order valence-electron chi connectivity index (χ4n) is 3.57. The summed E-state index contributed by atoms with van der Waals surface area (Å²) in [6.07, 6.45) is 2.80. The van der Waals surface area contributed by atoms with Gasteiger partial charge in [-0.3, -0.25) is 0 Å². The first-order valence-corrected chi connectivity index (χ1v) is 11.0. The Bertz CT molecular complexity index is 1050. The van der Waals surface area contributed by atoms with Gasteiger partial charge in [0.1, 0.15) is 23.9 Å². The summed E-state index contributed by atoms with van der Waals surface area (Å²) in [4.78, 5) is 0. The summed E-state index contributed by atoms with van der Waals surface area (Å²) in [5, 5.41) is 3.32. The van der Waals surface area contributed by atoms with Gasteiger partial charge < -0.3 is 19.5 Å². The van der Waals surface area contributed by atoms with E-state index in [-0.39, 0.29) is 5.82 Å². The van der Waals surface area contributed by atoms with Crippen LogP contribution in [0.1, 0.15) is 30.0 Å². The monoisotopic (exact) mass is 433 g/mol. The SMILES string of the molecule is CCCOc1ccc(F)c2c1NCC(c1ccc(OCCOCc3ccccc3)cc1)=C2. The van der Waals surface area contributed by atoms with Gasteiger partial charge >= 0.3 is 0 Å². The van der Waals surface area contributed by atoms with Crippen molar-refractivity contribution < 1.29 is 18.6 Å². The molecule has 1 aliphatic rings. The molecule has 0 spiro atoms. The first-order chi connectivity index (χ1) is 15.7. The van der Waals surface area contributed by atoms with Crippen LogP contribution in [-0.2, 0) is 11.3 Å². The predicted octanol–water partition coefficient (Wildman–Crippen LogP) is 6.18. The van der Waals surface area contributed by atoms with E-state index in [0.29, 0.717) is 44.3 Å². The lowest BCUT2D eigenvalue weighted by Crippen LogP contribution is -2.13. The van der Waals surface area contributed by atoms with Crippen molar-refractivity contribution in [1.82, 2.24) is 0 Å². The molecule has 0 radical (unpaired) electrons. The zero-order chi connectivity index (χ0) is 22.2. The van der Waals surface area contributed by atoms with Crippen molar-refractivity contribution in [1.29, 1.82) is 0 Å². The van der Waals surface area contributed by atoms with Gasteiger partial charge in [-0.1, -0.05) is 49.4 Å². The van der Waals surface area contributed by atoms with Gasteiger partial charge in [0.05, 0.1) is 25.5 Å². The highest BCUT2D eigenvalue weighted by molar-refractivity contribution is 5.92. The van der Waals surface area contributed by atoms with E-state index in [1.165, 1.54) is 6.07 Å². The first-order valence-electron chi connectivity index (χ1n) is 11.0. The summed E-state index contributed by atoms with van der Waals surface area (Å²) in [5.74, 6) is 1.21. The zero-order valence-corrected chi connectivity index (χ0v) is 18.3. The van der Waals surface area contributed by atoms with Crippen molar-refractivity contribution in [3.63, 3.8) is 0 Å². The molecule has 5 heteroatoms. The lowest BCUT2D eigenvalue weighted by Gasteiger charge is -2.22. The van der Waals surface area contributed by atoms with Crippen molar-refractivity contribution in [2.75, 3.05) is 31.7 Å². The van der Waals surface area contributed by atoms with Crippen LogP contribution in [0.4, 0.5) is 10.1 Å². The average Bonchev–Trinajstić information content (AvgIpc) is 2.84. The lowest BCUT2D eigenvalue weighted by atomic mass is 9.97. The Labute approximate surface area is 188 Å². The minimum atomic E-state index is -0.260. The normalized spacial score (nSPS) is 12.5. The molecule has 0 fully saturated rings. The van der Waals surface area contributed by atoms with Crippen LogP contribution in [0.15, 0.2) is 66.7 Å². The number of fused-ring (bicyclic) bond motifs is 1. The minimum absolute atomic E-state index is 0.260. The third kappa shape index (κ3) is 5.48. The molecule has 0 aliphatic carbocycles. The van der Waals surface area contributed by atoms with E-state index in [4.69, 9.17) is 14.2 Å². The summed E-state index contributed by atoms with van der Waals surface area (Å²) in [6.45, 7) is 4.83. The van der Waals surface area contributed by atoms with Crippen LogP contribution in [0.25, 0.3) is 11.6 Å². The lowest BCUT2D eigenvalue weighted by molar-refractivity contribution is 0.0889. The molecule has 4 rings (SSSR count). The maximum atomic E-state index is 14.5. The van der Waals surface area contributed by atoms with Crippen LogP contribution in [0.5, 0.6) is 11.5 Å². The quantitative estimate of drug-likeness (QED) is 0.388. The molecule has 0 saturated heterocycles. The number of hydrogen-bond donors (Lipinski definition) is 1. The Balaban J connectivity index is 1.34. The van der Waals surface area contributed by atoms with Crippen LogP contribution in [0.2, 0.25) is 0 Å². The summed E-state index contributed by atoms with van der Waals surface area (Å²) in [5.41, 5.74) is 4.44. The molecule has 3 aromatic carbocycles. The number of anilines is 1. The van der Waals surface area contributed by atoms with Gasteiger partial charge in [0.25, 0.3) is 0 Å². The van der Waals surface area contributed by atoms with Crippen LogP contribution < -0.4 is 14.8 Å². The van der Waals surface area contributed by atoms with Crippen LogP contribution in [-0.4, -0.2) is 26.4 Å². The topological polar surface area (TPSA) is 39.7 Å². The maximum absolute atomic E-state index is 14.5. The molecule has 4 nitrogen and oxygen atoms in total. The molecule has 0 bridgehead atoms. The largest absolute Gasteiger partial charge is 0.491 e. The standard InChI is InChI=1S/C27H28FNO3/c1-2-14-32-26-13-12-25(28)24-17-22(18-29-27(24)26)21-8-10-23(11-9-21)31-16-15-30-19-20-6-4-3-5-7-20/h3-13,17,29H,2,14-16,18-19H2,1H3. The van der Waals surface area contributed by atoms with Gasteiger partial charge in [0.2, 0.25) is 0 Å². The summed E-state index contributed by atoms with van der Waals surface area (Å²) in [6, 6.07) is 21.1. The molecule has 32 heavy (non-hydrogen) atoms. The Morgan fingerprint density at radius 1 is 0.875 bits per heavy atom. The molecule has 0 aromatic heterocycles. The van der Waals surface area contributed by atoms with Crippen LogP contribution >= 0.6 is 0 Å². The Hall–Kier alpha value is -3.31. The molecule has 1 heterocycles. The van der Waals surface area contributed by atoms with E-state index in [1.54, 1.807) is 6.07 Å². The molecule has 0 atom stereocenters. The second-order valence-corrected chi connectivity index (χ2v) is 7.62. The first kappa shape index (κ1) is 21.9. The fourth-order valence-corrected chi connectivity index (χ4v) is 3.57. The molecular formula is C27H28FNO3. The third-order valence-electron chi connectivity index (χ3n) is 5.22. The van der Waals surface area contributed by atoms with E-state index < -0.39 is 0 Å². The smallest absolute Gasteiger partial charge is 0.143 e. The highest BCUT2D eigenvalue weighted by atomic mass is 19.1. The van der Waals surface area contributed by atoms with Gasteiger partial charge in [-0.05, 0) is 53.5 Å². The van der Waals surface area contributed by atoms with E-state index in [1.807, 2.05) is 67.6 Å². The molecule has 0 unspecified atom stereocenters. The number of rotatable bonds is 10. The van der Waals surface area contributed by atoms with Gasteiger partial charge in [-0.25, -0.2) is 4.39 Å². The molecule has 1 aliphatic heterocycles. The fraction of sp³-hybridized carbons (Fsp3) is 0.259. The zero-order valence-electron chi connectivity index (χ0n) is 18.3. The Morgan fingerprint density at radius 3 is 2.47 bits per heavy atom. The maximum Gasteiger partial charge on any atom is 0.143 e. The second kappa shape index (κ2) is 10.8. The minimum Gasteiger partial charge on any atom is -0.491 e. The van der Waals surface area contributed by atoms with Crippen molar-refractivity contribution >= 4 is 17.3 Å². The molecule has 3 aromatic rings. The van der Waals surface area contributed by atoms with Gasteiger partial charge in [0.15, 0.2) is 0 Å². The van der Waals surface area contributed by atoms with Crippen molar-refractivity contribution in [3.05, 3.63) is 89.2 Å². The molecule has 0 saturated carbocycles. The highest BCUT2D eigenvalue weighted by Crippen LogP contribution is 2.37. The average molecular weight is 434 g/mol. The Kier molecular flexibility index (Phi) is 7.41. The van der Waals surface area contributed by atoms with Crippen molar-refractivity contribution in [2.24, 2.45) is 0 Å². The summed E-state index contributed by atoms with van der Waals surface area (Å²) in [7, 11) is 0. The molecular weight excluding hydrogens is 405 g/mol. The second-order valence-electron chi connectivity index (χ2n) is 7.62. The number of nitrogens with one attached hydrogen (secondary N) is 1. The third-order valence-corrected chi connectivity index (χ3v) is 5.22. The van der Waals surface area contributed by atoms with Crippen molar-refractivity contribution in [2.45, 2.75) is 20.0 Å². The van der Waals surface area contributed by atoms with E-state index in [9.17, 15) is 4.39 Å². The molecule has 0 amide bonds. The number of benzene rings is 3. The number of halogens is 1. The summed E-state index contributed by atoms with van der Waals surface area (Å²) >= 11 is 0. The predicted molar refractivity (Wildman–Crippen MR) is 127 cm³/mol. The number of hydrogen-bond acceptors (Lipinski definition) is 4. The van der Waals surface area contributed by atoms with Crippen molar-refractivity contribution in [3.8, 4) is 11.5 Å². The van der Waals surface area contributed by atoms with E-state index >= 15 is 0 Å². The van der Waals surface area contributed by atoms with Gasteiger partial charge in [-0.15, -0.1) is 0 Å². The van der Waals surface area contributed by atoms with E-state index in [2.05, 4.69) is 5.32 Å². The highest BCUT2D eigenvalue weighted by Gasteiger charge is 2.19.